The number of aromatic amines is 1. The van der Waals surface area contributed by atoms with E-state index in [1.807, 2.05) is 30.4 Å². The molecule has 1 aromatic heterocycles. The number of H-pyrrole nitrogens is 1. The molecule has 3 N–H and O–H groups in total. The van der Waals surface area contributed by atoms with E-state index in [9.17, 15) is 4.79 Å². The largest absolute Gasteiger partial charge is 0.367 e. The molecule has 0 saturated carbocycles. The van der Waals surface area contributed by atoms with Crippen molar-refractivity contribution in [3.63, 3.8) is 0 Å². The number of nitrogens with one attached hydrogen (secondary N) is 3. The Morgan fingerprint density at radius 3 is 2.94 bits per heavy atom. The van der Waals surface area contributed by atoms with Crippen molar-refractivity contribution >= 4 is 6.03 Å². The molecule has 17 heavy (non-hydrogen) atoms. The Morgan fingerprint density at radius 2 is 2.35 bits per heavy atom. The van der Waals surface area contributed by atoms with E-state index in [-0.39, 0.29) is 17.6 Å². The van der Waals surface area contributed by atoms with Crippen molar-refractivity contribution in [2.45, 2.75) is 25.4 Å². The Bertz CT molecular complexity index is 385. The number of carbonyl (C=O) groups is 1. The van der Waals surface area contributed by atoms with E-state index in [4.69, 9.17) is 0 Å². The molecule has 1 aliphatic rings. The van der Waals surface area contributed by atoms with E-state index in [0.717, 1.165) is 12.1 Å². The van der Waals surface area contributed by atoms with Crippen LogP contribution in [0, 0.1) is 0 Å². The summed E-state index contributed by atoms with van der Waals surface area (Å²) in [5.41, 5.74) is 0.949. The lowest BCUT2D eigenvalue weighted by Crippen LogP contribution is -2.51. The highest BCUT2D eigenvalue weighted by molar-refractivity contribution is 5.78. The Kier molecular flexibility index (Phi) is 3.11. The minimum atomic E-state index is -0.177. The maximum atomic E-state index is 12.0. The highest BCUT2D eigenvalue weighted by atomic mass is 16.2. The van der Waals surface area contributed by atoms with Crippen molar-refractivity contribution in [3.05, 3.63) is 24.0 Å². The van der Waals surface area contributed by atoms with Crippen molar-refractivity contribution in [2.24, 2.45) is 0 Å². The van der Waals surface area contributed by atoms with Crippen LogP contribution in [-0.2, 0) is 0 Å². The SMILES string of the molecule is CNCC(C)(C)N1CC(c2cc[nH]c2)NC1=O. The number of rotatable bonds is 4. The third kappa shape index (κ3) is 2.29. The van der Waals surface area contributed by atoms with Gasteiger partial charge in [0.15, 0.2) is 0 Å². The lowest BCUT2D eigenvalue weighted by molar-refractivity contribution is 0.158. The van der Waals surface area contributed by atoms with Crippen LogP contribution in [0.4, 0.5) is 4.79 Å². The Labute approximate surface area is 102 Å². The third-order valence-electron chi connectivity index (χ3n) is 3.27. The molecule has 0 radical (unpaired) electrons. The molecule has 1 aliphatic heterocycles. The van der Waals surface area contributed by atoms with Gasteiger partial charge in [-0.05, 0) is 32.5 Å². The number of nitrogens with zero attached hydrogens (tertiary/aromatic N) is 1. The quantitative estimate of drug-likeness (QED) is 0.732. The number of aromatic nitrogens is 1. The van der Waals surface area contributed by atoms with Crippen LogP contribution in [0.3, 0.4) is 0 Å². The number of hydrogen-bond donors (Lipinski definition) is 3. The molecular formula is C12H20N4O. The summed E-state index contributed by atoms with van der Waals surface area (Å²) in [7, 11) is 1.90. The molecular weight excluding hydrogens is 216 g/mol. The van der Waals surface area contributed by atoms with E-state index < -0.39 is 0 Å². The molecule has 5 nitrogen and oxygen atoms in total. The van der Waals surface area contributed by atoms with Crippen LogP contribution < -0.4 is 10.6 Å². The molecule has 0 aromatic carbocycles. The number of urea groups is 1. The smallest absolute Gasteiger partial charge is 0.318 e. The van der Waals surface area contributed by atoms with Gasteiger partial charge < -0.3 is 20.5 Å². The second-order valence-electron chi connectivity index (χ2n) is 5.10. The predicted octanol–water partition coefficient (Wildman–Crippen LogP) is 1.08. The maximum Gasteiger partial charge on any atom is 0.318 e. The summed E-state index contributed by atoms with van der Waals surface area (Å²) in [4.78, 5) is 16.9. The van der Waals surface area contributed by atoms with E-state index in [0.29, 0.717) is 6.54 Å². The fourth-order valence-electron chi connectivity index (χ4n) is 2.33. The average Bonchev–Trinajstić information content (AvgIpc) is 2.85. The Balaban J connectivity index is 2.10. The van der Waals surface area contributed by atoms with Crippen LogP contribution in [-0.4, -0.2) is 41.6 Å². The fraction of sp³-hybridized carbons (Fsp3) is 0.583. The number of carbonyl (C=O) groups excluding carboxylic acids is 1. The molecule has 0 aliphatic carbocycles. The van der Waals surface area contributed by atoms with Gasteiger partial charge in [0.1, 0.15) is 0 Å². The van der Waals surface area contributed by atoms with Crippen LogP contribution >= 0.6 is 0 Å². The second kappa shape index (κ2) is 4.41. The number of hydrogen-bond acceptors (Lipinski definition) is 2. The zero-order valence-corrected chi connectivity index (χ0v) is 10.6. The van der Waals surface area contributed by atoms with Crippen LogP contribution in [0.25, 0.3) is 0 Å². The molecule has 1 atom stereocenters. The molecule has 1 aromatic rings. The van der Waals surface area contributed by atoms with Gasteiger partial charge in [0, 0.05) is 25.5 Å². The minimum Gasteiger partial charge on any atom is -0.367 e. The van der Waals surface area contributed by atoms with Crippen LogP contribution in [0.1, 0.15) is 25.5 Å². The Morgan fingerprint density at radius 1 is 1.59 bits per heavy atom. The van der Waals surface area contributed by atoms with Crippen molar-refractivity contribution in [2.75, 3.05) is 20.1 Å². The molecule has 5 heteroatoms. The summed E-state index contributed by atoms with van der Waals surface area (Å²) in [5.74, 6) is 0. The standard InChI is InChI=1S/C12H20N4O/c1-12(2,8-13-3)16-7-10(15-11(16)17)9-4-5-14-6-9/h4-6,10,13-14H,7-8H2,1-3H3,(H,15,17). The number of likely N-dealkylation sites (N-methyl/N-ethyl adjacent to an activating group) is 1. The highest BCUT2D eigenvalue weighted by Gasteiger charge is 2.38. The first-order chi connectivity index (χ1) is 8.04. The van der Waals surface area contributed by atoms with Crippen molar-refractivity contribution < 1.29 is 4.79 Å². The van der Waals surface area contributed by atoms with E-state index in [1.54, 1.807) is 0 Å². The number of amides is 2. The molecule has 94 valence electrons. The van der Waals surface area contributed by atoms with Crippen LogP contribution in [0.15, 0.2) is 18.5 Å². The van der Waals surface area contributed by atoms with Crippen molar-refractivity contribution in [1.82, 2.24) is 20.5 Å². The molecule has 1 fully saturated rings. The highest BCUT2D eigenvalue weighted by Crippen LogP contribution is 2.25. The molecule has 2 rings (SSSR count). The summed E-state index contributed by atoms with van der Waals surface area (Å²) in [5, 5.41) is 6.14. The average molecular weight is 236 g/mol. The third-order valence-corrected chi connectivity index (χ3v) is 3.27. The van der Waals surface area contributed by atoms with Gasteiger partial charge in [-0.3, -0.25) is 0 Å². The molecule has 1 saturated heterocycles. The van der Waals surface area contributed by atoms with Gasteiger partial charge >= 0.3 is 6.03 Å². The van der Waals surface area contributed by atoms with Crippen molar-refractivity contribution in [3.8, 4) is 0 Å². The topological polar surface area (TPSA) is 60.2 Å². The summed E-state index contributed by atoms with van der Waals surface area (Å²) in [6, 6.07) is 2.10. The first kappa shape index (κ1) is 12.0. The second-order valence-corrected chi connectivity index (χ2v) is 5.10. The van der Waals surface area contributed by atoms with Crippen LogP contribution in [0.5, 0.6) is 0 Å². The summed E-state index contributed by atoms with van der Waals surface area (Å²) in [6.45, 7) is 5.64. The van der Waals surface area contributed by atoms with Gasteiger partial charge in [0.25, 0.3) is 0 Å². The lowest BCUT2D eigenvalue weighted by atomic mass is 10.0. The first-order valence-corrected chi connectivity index (χ1v) is 5.90. The van der Waals surface area contributed by atoms with E-state index in [1.165, 1.54) is 0 Å². The van der Waals surface area contributed by atoms with E-state index >= 15 is 0 Å². The predicted molar refractivity (Wildman–Crippen MR) is 66.8 cm³/mol. The van der Waals surface area contributed by atoms with Gasteiger partial charge in [-0.2, -0.15) is 0 Å². The fourth-order valence-corrected chi connectivity index (χ4v) is 2.33. The molecule has 0 spiro atoms. The van der Waals surface area contributed by atoms with Crippen molar-refractivity contribution in [1.29, 1.82) is 0 Å². The maximum absolute atomic E-state index is 12.0. The van der Waals surface area contributed by atoms with Gasteiger partial charge in [-0.1, -0.05) is 0 Å². The van der Waals surface area contributed by atoms with Gasteiger partial charge in [-0.25, -0.2) is 4.79 Å². The summed E-state index contributed by atoms with van der Waals surface area (Å²) < 4.78 is 0. The monoisotopic (exact) mass is 236 g/mol. The first-order valence-electron chi connectivity index (χ1n) is 5.90. The Hall–Kier alpha value is -1.49. The molecule has 1 unspecified atom stereocenters. The minimum absolute atomic E-state index is 0.0106. The van der Waals surface area contributed by atoms with Gasteiger partial charge in [0.05, 0.1) is 11.6 Å². The molecule has 0 bridgehead atoms. The summed E-state index contributed by atoms with van der Waals surface area (Å²) >= 11 is 0. The molecule has 2 heterocycles. The normalized spacial score (nSPS) is 20.8. The molecule has 2 amide bonds. The zero-order chi connectivity index (χ0) is 12.5. The van der Waals surface area contributed by atoms with Crippen LogP contribution in [0.2, 0.25) is 0 Å². The van der Waals surface area contributed by atoms with E-state index in [2.05, 4.69) is 29.5 Å². The zero-order valence-electron chi connectivity index (χ0n) is 10.6. The van der Waals surface area contributed by atoms with Gasteiger partial charge in [0.2, 0.25) is 0 Å². The lowest BCUT2D eigenvalue weighted by Gasteiger charge is -2.34. The summed E-state index contributed by atoms with van der Waals surface area (Å²) in [6.07, 6.45) is 3.81. The van der Waals surface area contributed by atoms with Gasteiger partial charge in [-0.15, -0.1) is 0 Å².